The van der Waals surface area contributed by atoms with Gasteiger partial charge in [0.25, 0.3) is 5.69 Å². The molecule has 0 radical (unpaired) electrons. The molecule has 0 unspecified atom stereocenters. The Kier molecular flexibility index (Phi) is 3.75. The lowest BCUT2D eigenvalue weighted by Crippen LogP contribution is -2.07. The second kappa shape index (κ2) is 5.73. The fourth-order valence-corrected chi connectivity index (χ4v) is 2.64. The van der Waals surface area contributed by atoms with E-state index in [1.54, 1.807) is 24.3 Å². The van der Waals surface area contributed by atoms with Crippen molar-refractivity contribution < 1.29 is 9.66 Å². The number of pyridine rings is 1. The third kappa shape index (κ3) is 2.53. The molecule has 0 spiro atoms. The first-order chi connectivity index (χ1) is 11.0. The minimum atomic E-state index is -0.554. The molecular formula is C16H11ClN2O4. The van der Waals surface area contributed by atoms with Crippen LogP contribution in [-0.4, -0.2) is 16.5 Å². The maximum absolute atomic E-state index is 12.7. The van der Waals surface area contributed by atoms with Crippen molar-refractivity contribution in [1.82, 2.24) is 4.98 Å². The van der Waals surface area contributed by atoms with Crippen molar-refractivity contribution in [3.05, 3.63) is 68.3 Å². The van der Waals surface area contributed by atoms with E-state index >= 15 is 0 Å². The van der Waals surface area contributed by atoms with Crippen LogP contribution in [0.3, 0.4) is 0 Å². The van der Waals surface area contributed by atoms with Gasteiger partial charge in [0, 0.05) is 11.5 Å². The minimum absolute atomic E-state index is 0.0919. The lowest BCUT2D eigenvalue weighted by Gasteiger charge is -2.07. The number of halogens is 1. The van der Waals surface area contributed by atoms with Crippen LogP contribution >= 0.6 is 11.6 Å². The highest BCUT2D eigenvalue weighted by atomic mass is 35.5. The number of aromatic amines is 1. The average Bonchev–Trinajstić information content (AvgIpc) is 2.53. The van der Waals surface area contributed by atoms with Gasteiger partial charge in [0.05, 0.1) is 20.8 Å². The molecular weight excluding hydrogens is 320 g/mol. The fraction of sp³-hybridized carbons (Fsp3) is 0.0625. The number of non-ortho nitro benzene ring substituents is 1. The summed E-state index contributed by atoms with van der Waals surface area (Å²) >= 11 is 6.08. The number of aromatic nitrogens is 1. The molecule has 0 saturated heterocycles. The normalized spacial score (nSPS) is 10.8. The van der Waals surface area contributed by atoms with Crippen LogP contribution in [0, 0.1) is 10.1 Å². The quantitative estimate of drug-likeness (QED) is 0.341. The third-order valence-corrected chi connectivity index (χ3v) is 3.73. The van der Waals surface area contributed by atoms with E-state index in [2.05, 4.69) is 11.6 Å². The van der Waals surface area contributed by atoms with Gasteiger partial charge in [-0.05, 0) is 24.3 Å². The fourth-order valence-electron chi connectivity index (χ4n) is 2.40. The number of nitrogens with zero attached hydrogens (tertiary/aromatic N) is 1. The van der Waals surface area contributed by atoms with Crippen molar-refractivity contribution >= 4 is 39.1 Å². The lowest BCUT2D eigenvalue weighted by atomic mass is 10.1. The number of hydrogen-bond acceptors (Lipinski definition) is 4. The molecule has 1 heterocycles. The molecule has 0 bridgehead atoms. The predicted octanol–water partition coefficient (Wildman–Crippen LogP) is 3.81. The second-order valence-electron chi connectivity index (χ2n) is 4.83. The Morgan fingerprint density at radius 1 is 1.35 bits per heavy atom. The Labute approximate surface area is 135 Å². The highest BCUT2D eigenvalue weighted by Gasteiger charge is 2.18. The SMILES string of the molecule is C=CCOc1ccc2[nH]c3c([N+](=O)[O-])ccc(Cl)c3c(=O)c2c1. The van der Waals surface area contributed by atoms with Crippen molar-refractivity contribution in [2.24, 2.45) is 0 Å². The number of ether oxygens (including phenoxy) is 1. The summed E-state index contributed by atoms with van der Waals surface area (Å²) < 4.78 is 5.41. The number of hydrogen-bond donors (Lipinski definition) is 1. The van der Waals surface area contributed by atoms with Crippen molar-refractivity contribution in [3.63, 3.8) is 0 Å². The first-order valence-corrected chi connectivity index (χ1v) is 7.07. The summed E-state index contributed by atoms with van der Waals surface area (Å²) in [6.07, 6.45) is 1.59. The molecule has 0 fully saturated rings. The van der Waals surface area contributed by atoms with Crippen LogP contribution in [0.2, 0.25) is 5.02 Å². The Morgan fingerprint density at radius 3 is 2.83 bits per heavy atom. The second-order valence-corrected chi connectivity index (χ2v) is 5.24. The highest BCUT2D eigenvalue weighted by Crippen LogP contribution is 2.30. The molecule has 0 aliphatic heterocycles. The van der Waals surface area contributed by atoms with Crippen LogP contribution in [-0.2, 0) is 0 Å². The summed E-state index contributed by atoms with van der Waals surface area (Å²) in [5, 5.41) is 11.8. The van der Waals surface area contributed by atoms with E-state index in [1.165, 1.54) is 12.1 Å². The average molecular weight is 331 g/mol. The first kappa shape index (κ1) is 15.1. The minimum Gasteiger partial charge on any atom is -0.490 e. The van der Waals surface area contributed by atoms with Crippen LogP contribution in [0.15, 0.2) is 47.8 Å². The summed E-state index contributed by atoms with van der Waals surface area (Å²) in [4.78, 5) is 26.2. The highest BCUT2D eigenvalue weighted by molar-refractivity contribution is 6.36. The molecule has 7 heteroatoms. The zero-order valence-corrected chi connectivity index (χ0v) is 12.6. The number of H-pyrrole nitrogens is 1. The summed E-state index contributed by atoms with van der Waals surface area (Å²) in [5.41, 5.74) is 0.000432. The van der Waals surface area contributed by atoms with E-state index in [1.807, 2.05) is 0 Å². The van der Waals surface area contributed by atoms with Crippen LogP contribution in [0.1, 0.15) is 0 Å². The number of nitrogens with one attached hydrogen (secondary N) is 1. The van der Waals surface area contributed by atoms with E-state index < -0.39 is 4.92 Å². The van der Waals surface area contributed by atoms with Gasteiger partial charge in [-0.25, -0.2) is 0 Å². The Morgan fingerprint density at radius 2 is 2.13 bits per heavy atom. The number of fused-ring (bicyclic) bond motifs is 2. The number of benzene rings is 2. The van der Waals surface area contributed by atoms with E-state index in [4.69, 9.17) is 16.3 Å². The van der Waals surface area contributed by atoms with Crippen LogP contribution < -0.4 is 10.2 Å². The molecule has 0 amide bonds. The van der Waals surface area contributed by atoms with Gasteiger partial charge in [-0.1, -0.05) is 24.3 Å². The lowest BCUT2D eigenvalue weighted by molar-refractivity contribution is -0.383. The smallest absolute Gasteiger partial charge is 0.293 e. The summed E-state index contributed by atoms with van der Waals surface area (Å²) in [6.45, 7) is 3.87. The van der Waals surface area contributed by atoms with Crippen LogP contribution in [0.25, 0.3) is 21.8 Å². The van der Waals surface area contributed by atoms with Crippen molar-refractivity contribution in [3.8, 4) is 5.75 Å². The Bertz CT molecular complexity index is 1010. The zero-order chi connectivity index (χ0) is 16.6. The van der Waals surface area contributed by atoms with Gasteiger partial charge in [0.15, 0.2) is 5.43 Å². The van der Waals surface area contributed by atoms with E-state index in [9.17, 15) is 14.9 Å². The summed E-state index contributed by atoms with van der Waals surface area (Å²) in [5.74, 6) is 0.504. The van der Waals surface area contributed by atoms with Crippen molar-refractivity contribution in [1.29, 1.82) is 0 Å². The first-order valence-electron chi connectivity index (χ1n) is 6.69. The number of nitro groups is 1. The predicted molar refractivity (Wildman–Crippen MR) is 89.4 cm³/mol. The Balaban J connectivity index is 2.37. The molecule has 3 aromatic rings. The van der Waals surface area contributed by atoms with E-state index in [0.717, 1.165) is 0 Å². The molecule has 0 atom stereocenters. The van der Waals surface area contributed by atoms with Gasteiger partial charge in [0.2, 0.25) is 0 Å². The van der Waals surface area contributed by atoms with Gasteiger partial charge < -0.3 is 9.72 Å². The monoisotopic (exact) mass is 330 g/mol. The summed E-state index contributed by atoms with van der Waals surface area (Å²) in [7, 11) is 0. The van der Waals surface area contributed by atoms with Crippen molar-refractivity contribution in [2.45, 2.75) is 0 Å². The van der Waals surface area contributed by atoms with Gasteiger partial charge in [-0.2, -0.15) is 0 Å². The Hall–Kier alpha value is -2.86. The molecule has 2 aromatic carbocycles. The maximum atomic E-state index is 12.7. The molecule has 1 aromatic heterocycles. The van der Waals surface area contributed by atoms with Crippen LogP contribution in [0.4, 0.5) is 5.69 Å². The molecule has 116 valence electrons. The van der Waals surface area contributed by atoms with Gasteiger partial charge in [-0.15, -0.1) is 0 Å². The topological polar surface area (TPSA) is 85.2 Å². The molecule has 23 heavy (non-hydrogen) atoms. The molecule has 0 saturated carbocycles. The third-order valence-electron chi connectivity index (χ3n) is 3.42. The van der Waals surface area contributed by atoms with Gasteiger partial charge in [-0.3, -0.25) is 14.9 Å². The van der Waals surface area contributed by atoms with Crippen LogP contribution in [0.5, 0.6) is 5.75 Å². The number of rotatable bonds is 4. The number of nitro benzene ring substituents is 1. The maximum Gasteiger partial charge on any atom is 0.293 e. The zero-order valence-electron chi connectivity index (χ0n) is 11.8. The van der Waals surface area contributed by atoms with E-state index in [-0.39, 0.29) is 27.0 Å². The van der Waals surface area contributed by atoms with Gasteiger partial charge in [0.1, 0.15) is 17.9 Å². The molecule has 6 nitrogen and oxygen atoms in total. The van der Waals surface area contributed by atoms with Crippen molar-refractivity contribution in [2.75, 3.05) is 6.61 Å². The van der Waals surface area contributed by atoms with E-state index in [0.29, 0.717) is 23.3 Å². The molecule has 0 aliphatic rings. The van der Waals surface area contributed by atoms with Gasteiger partial charge >= 0.3 is 0 Å². The molecule has 0 aliphatic carbocycles. The summed E-state index contributed by atoms with van der Waals surface area (Å²) in [6, 6.07) is 7.50. The molecule has 3 rings (SSSR count). The largest absolute Gasteiger partial charge is 0.490 e. The standard InChI is InChI=1S/C16H11ClN2O4/c1-2-7-23-9-3-5-12-10(8-9)16(20)14-11(17)4-6-13(19(21)22)15(14)18-12/h2-6,8H,1,7H2,(H,18,20). The molecule has 1 N–H and O–H groups in total.